The Labute approximate surface area is 220 Å². The van der Waals surface area contributed by atoms with Gasteiger partial charge in [0.1, 0.15) is 16.5 Å². The summed E-state index contributed by atoms with van der Waals surface area (Å²) in [6.45, 7) is 0.931. The minimum absolute atomic E-state index is 0.0840. The highest BCUT2D eigenvalue weighted by atomic mass is 35.5. The molecule has 1 fully saturated rings. The van der Waals surface area contributed by atoms with Crippen molar-refractivity contribution >= 4 is 34.2 Å². The highest BCUT2D eigenvalue weighted by Crippen LogP contribution is 2.32. The van der Waals surface area contributed by atoms with Gasteiger partial charge in [0.05, 0.1) is 36.6 Å². The first-order valence-electron chi connectivity index (χ1n) is 11.2. The summed E-state index contributed by atoms with van der Waals surface area (Å²) >= 11 is 6.05. The lowest BCUT2D eigenvalue weighted by Gasteiger charge is -2.14. The molecule has 1 aliphatic rings. The number of hydrogen-bond donors (Lipinski definition) is 3. The molecule has 4 rings (SSSR count). The van der Waals surface area contributed by atoms with Crippen molar-refractivity contribution in [2.75, 3.05) is 30.3 Å². The average Bonchev–Trinajstić information content (AvgIpc) is 3.43. The topological polar surface area (TPSA) is 106 Å². The zero-order valence-electron chi connectivity index (χ0n) is 19.7. The standard InChI is InChI=1S/C25H23ClF2N4O4S/c1-35-24-16(14-33)9-17(26)10-22(24)37(34)32-21-7-6-20(27)19(23(21)28)5-4-15-11-29-25(30-12-15)31-13-18-3-2-8-36-18/h6-7,9-12,18,32-33H,2-3,8,13-14H2,1H3,(H,29,30,31). The first kappa shape index (κ1) is 26.8. The van der Waals surface area contributed by atoms with Crippen molar-refractivity contribution in [3.05, 3.63) is 70.0 Å². The van der Waals surface area contributed by atoms with Gasteiger partial charge in [-0.15, -0.1) is 0 Å². The summed E-state index contributed by atoms with van der Waals surface area (Å²) in [5.74, 6) is 3.72. The molecule has 1 aromatic heterocycles. The van der Waals surface area contributed by atoms with E-state index in [-0.39, 0.29) is 27.5 Å². The third-order valence-corrected chi connectivity index (χ3v) is 6.79. The van der Waals surface area contributed by atoms with Crippen LogP contribution in [0.3, 0.4) is 0 Å². The molecule has 0 amide bonds. The van der Waals surface area contributed by atoms with Gasteiger partial charge in [-0.2, -0.15) is 0 Å². The van der Waals surface area contributed by atoms with E-state index < -0.39 is 34.8 Å². The second-order valence-electron chi connectivity index (χ2n) is 7.97. The zero-order chi connectivity index (χ0) is 26.4. The van der Waals surface area contributed by atoms with E-state index in [1.807, 2.05) is 0 Å². The number of aromatic nitrogens is 2. The Kier molecular flexibility index (Phi) is 8.89. The summed E-state index contributed by atoms with van der Waals surface area (Å²) in [6.07, 6.45) is 5.01. The van der Waals surface area contributed by atoms with Gasteiger partial charge in [0, 0.05) is 36.1 Å². The van der Waals surface area contributed by atoms with Crippen molar-refractivity contribution in [2.45, 2.75) is 30.4 Å². The van der Waals surface area contributed by atoms with Crippen molar-refractivity contribution < 1.29 is 27.6 Å². The molecule has 8 nitrogen and oxygen atoms in total. The fraction of sp³-hybridized carbons (Fsp3) is 0.280. The van der Waals surface area contributed by atoms with Gasteiger partial charge >= 0.3 is 0 Å². The van der Waals surface area contributed by atoms with Gasteiger partial charge in [-0.25, -0.2) is 23.0 Å². The van der Waals surface area contributed by atoms with Crippen molar-refractivity contribution in [3.63, 3.8) is 0 Å². The molecule has 1 saturated heterocycles. The minimum atomic E-state index is -2.06. The minimum Gasteiger partial charge on any atom is -0.495 e. The summed E-state index contributed by atoms with van der Waals surface area (Å²) in [5.41, 5.74) is -0.108. The first-order chi connectivity index (χ1) is 17.9. The molecule has 0 spiro atoms. The molecular formula is C25H23ClF2N4O4S. The summed E-state index contributed by atoms with van der Waals surface area (Å²) in [7, 11) is -0.717. The molecule has 0 bridgehead atoms. The maximum Gasteiger partial charge on any atom is 0.222 e. The summed E-state index contributed by atoms with van der Waals surface area (Å²) in [5, 5.41) is 12.8. The van der Waals surface area contributed by atoms with Crippen LogP contribution in [0.25, 0.3) is 0 Å². The molecule has 0 aliphatic carbocycles. The van der Waals surface area contributed by atoms with Crippen LogP contribution < -0.4 is 14.8 Å². The average molecular weight is 549 g/mol. The predicted molar refractivity (Wildman–Crippen MR) is 136 cm³/mol. The maximum absolute atomic E-state index is 15.1. The molecule has 0 saturated carbocycles. The number of ether oxygens (including phenoxy) is 2. The van der Waals surface area contributed by atoms with Gasteiger partial charge in [0.2, 0.25) is 5.95 Å². The van der Waals surface area contributed by atoms with Gasteiger partial charge < -0.3 is 19.9 Å². The molecular weight excluding hydrogens is 526 g/mol. The number of methoxy groups -OCH3 is 1. The number of aliphatic hydroxyl groups excluding tert-OH is 1. The van der Waals surface area contributed by atoms with Crippen molar-refractivity contribution in [2.24, 2.45) is 0 Å². The van der Waals surface area contributed by atoms with Crippen LogP contribution in [0.5, 0.6) is 5.75 Å². The molecule has 3 aromatic rings. The second kappa shape index (κ2) is 12.3. The number of halogens is 3. The van der Waals surface area contributed by atoms with Gasteiger partial charge in [-0.3, -0.25) is 4.72 Å². The number of aliphatic hydroxyl groups is 1. The number of anilines is 2. The lowest BCUT2D eigenvalue weighted by molar-refractivity contribution is 0.120. The van der Waals surface area contributed by atoms with Crippen LogP contribution in [-0.4, -0.2) is 45.6 Å². The van der Waals surface area contributed by atoms with Gasteiger partial charge in [-0.05, 0) is 37.1 Å². The Hall–Kier alpha value is -3.30. The Balaban J connectivity index is 1.51. The molecule has 194 valence electrons. The Bertz CT molecular complexity index is 1360. The highest BCUT2D eigenvalue weighted by molar-refractivity contribution is 7.86. The van der Waals surface area contributed by atoms with Gasteiger partial charge in [-0.1, -0.05) is 23.4 Å². The Morgan fingerprint density at radius 1 is 1.27 bits per heavy atom. The first-order valence-corrected chi connectivity index (χ1v) is 12.8. The number of nitrogens with zero attached hydrogens (tertiary/aromatic N) is 2. The summed E-state index contributed by atoms with van der Waals surface area (Å²) in [6, 6.07) is 4.94. The van der Waals surface area contributed by atoms with Crippen LogP contribution in [0.2, 0.25) is 5.02 Å². The monoisotopic (exact) mass is 548 g/mol. The molecule has 0 radical (unpaired) electrons. The number of rotatable bonds is 8. The second-order valence-corrected chi connectivity index (χ2v) is 9.59. The lowest BCUT2D eigenvalue weighted by atomic mass is 10.1. The van der Waals surface area contributed by atoms with E-state index in [0.29, 0.717) is 23.6 Å². The number of nitrogens with one attached hydrogen (secondary N) is 2. The maximum atomic E-state index is 15.1. The SMILES string of the molecule is COc1c(CO)cc(Cl)cc1S(=O)Nc1ccc(F)c(C#Cc2cnc(NCC3CCCO3)nc2)c1F. The molecule has 2 atom stereocenters. The molecule has 1 aliphatic heterocycles. The Morgan fingerprint density at radius 2 is 2.05 bits per heavy atom. The van der Waals surface area contributed by atoms with E-state index in [1.165, 1.54) is 31.6 Å². The van der Waals surface area contributed by atoms with E-state index in [9.17, 15) is 13.7 Å². The Morgan fingerprint density at radius 3 is 2.73 bits per heavy atom. The van der Waals surface area contributed by atoms with Gasteiger partial charge in [0.25, 0.3) is 0 Å². The van der Waals surface area contributed by atoms with E-state index >= 15 is 4.39 Å². The predicted octanol–water partition coefficient (Wildman–Crippen LogP) is 4.03. The fourth-order valence-corrected chi connectivity index (χ4v) is 5.03. The third-order valence-electron chi connectivity index (χ3n) is 5.46. The van der Waals surface area contributed by atoms with E-state index in [1.54, 1.807) is 0 Å². The molecule has 37 heavy (non-hydrogen) atoms. The van der Waals surface area contributed by atoms with Crippen molar-refractivity contribution in [1.29, 1.82) is 0 Å². The van der Waals surface area contributed by atoms with Crippen LogP contribution in [0.15, 0.2) is 41.6 Å². The van der Waals surface area contributed by atoms with Crippen LogP contribution in [0.1, 0.15) is 29.5 Å². The number of benzene rings is 2. The van der Waals surface area contributed by atoms with E-state index in [0.717, 1.165) is 31.6 Å². The normalized spacial score (nSPS) is 15.5. The van der Waals surface area contributed by atoms with E-state index in [4.69, 9.17) is 21.1 Å². The highest BCUT2D eigenvalue weighted by Gasteiger charge is 2.20. The summed E-state index contributed by atoms with van der Waals surface area (Å²) in [4.78, 5) is 8.41. The fourth-order valence-electron chi connectivity index (χ4n) is 3.64. The smallest absolute Gasteiger partial charge is 0.222 e. The van der Waals surface area contributed by atoms with E-state index in [2.05, 4.69) is 31.8 Å². The molecule has 3 N–H and O–H groups in total. The van der Waals surface area contributed by atoms with Crippen LogP contribution in [0, 0.1) is 23.5 Å². The largest absolute Gasteiger partial charge is 0.495 e. The zero-order valence-corrected chi connectivity index (χ0v) is 21.3. The molecule has 2 aromatic carbocycles. The molecule has 2 unspecified atom stereocenters. The van der Waals surface area contributed by atoms with Gasteiger partial charge in [0.15, 0.2) is 16.8 Å². The van der Waals surface area contributed by atoms with Crippen LogP contribution in [0.4, 0.5) is 20.4 Å². The van der Waals surface area contributed by atoms with Crippen LogP contribution in [-0.2, 0) is 22.3 Å². The quantitative estimate of drug-likeness (QED) is 0.365. The lowest BCUT2D eigenvalue weighted by Crippen LogP contribution is -2.19. The van der Waals surface area contributed by atoms with Crippen LogP contribution >= 0.6 is 11.6 Å². The molecule has 12 heteroatoms. The summed E-state index contributed by atoms with van der Waals surface area (Å²) < 4.78 is 55.8. The number of hydrogen-bond acceptors (Lipinski definition) is 7. The molecule has 2 heterocycles. The van der Waals surface area contributed by atoms with Crippen molar-refractivity contribution in [1.82, 2.24) is 9.97 Å². The third kappa shape index (κ3) is 6.53. The van der Waals surface area contributed by atoms with Crippen molar-refractivity contribution in [3.8, 4) is 17.6 Å².